The van der Waals surface area contributed by atoms with Crippen molar-refractivity contribution < 1.29 is 4.79 Å². The van der Waals surface area contributed by atoms with Crippen molar-refractivity contribution in [2.75, 3.05) is 0 Å². The Morgan fingerprint density at radius 1 is 1.10 bits per heavy atom. The number of nitriles is 2. The Morgan fingerprint density at radius 2 is 1.80 bits per heavy atom. The molecule has 1 fully saturated rings. The third-order valence-electron chi connectivity index (χ3n) is 6.16. The molecule has 0 amide bonds. The summed E-state index contributed by atoms with van der Waals surface area (Å²) in [5, 5.41) is 21.3. The minimum Gasteiger partial charge on any atom is -0.357 e. The van der Waals surface area contributed by atoms with Crippen LogP contribution in [0.5, 0.6) is 0 Å². The molecule has 0 N–H and O–H groups in total. The molecule has 0 radical (unpaired) electrons. The summed E-state index contributed by atoms with van der Waals surface area (Å²) in [4.78, 5) is 15.6. The maximum atomic E-state index is 13.7. The van der Waals surface area contributed by atoms with Gasteiger partial charge in [0, 0.05) is 22.6 Å². The molecule has 2 aromatic carbocycles. The minimum absolute atomic E-state index is 0.00567. The summed E-state index contributed by atoms with van der Waals surface area (Å²) in [6.45, 7) is 5.62. The topological polar surface area (TPSA) is 67.9 Å². The van der Waals surface area contributed by atoms with E-state index in [9.17, 15) is 15.3 Å². The van der Waals surface area contributed by atoms with E-state index in [1.165, 1.54) is 0 Å². The molecule has 0 aromatic heterocycles. The number of rotatable bonds is 2. The first-order valence-corrected chi connectivity index (χ1v) is 10.3. The summed E-state index contributed by atoms with van der Waals surface area (Å²) in [7, 11) is 0. The van der Waals surface area contributed by atoms with Crippen molar-refractivity contribution in [3.05, 3.63) is 76.4 Å². The van der Waals surface area contributed by atoms with E-state index < -0.39 is 28.8 Å². The summed E-state index contributed by atoms with van der Waals surface area (Å²) >= 11 is 6.28. The lowest BCUT2D eigenvalue weighted by molar-refractivity contribution is -0.130. The van der Waals surface area contributed by atoms with Gasteiger partial charge < -0.3 is 4.90 Å². The Bertz CT molecular complexity index is 1120. The molecule has 2 heterocycles. The number of benzene rings is 2. The summed E-state index contributed by atoms with van der Waals surface area (Å²) < 4.78 is 0. The summed E-state index contributed by atoms with van der Waals surface area (Å²) in [5.74, 6) is -0.646. The zero-order valence-electron chi connectivity index (χ0n) is 17.1. The Kier molecular flexibility index (Phi) is 4.72. The first-order chi connectivity index (χ1) is 14.2. The first kappa shape index (κ1) is 20.2. The molecule has 1 saturated heterocycles. The third-order valence-corrected chi connectivity index (χ3v) is 6.39. The molecule has 0 bridgehead atoms. The predicted octanol–water partition coefficient (Wildman–Crippen LogP) is 5.48. The van der Waals surface area contributed by atoms with Crippen molar-refractivity contribution in [3.63, 3.8) is 0 Å². The smallest absolute Gasteiger partial charge is 0.177 e. The van der Waals surface area contributed by atoms with Crippen molar-refractivity contribution in [2.45, 2.75) is 38.8 Å². The molecule has 2 aliphatic rings. The highest BCUT2D eigenvalue weighted by molar-refractivity contribution is 6.30. The van der Waals surface area contributed by atoms with E-state index in [2.05, 4.69) is 12.1 Å². The molecular weight excluding hydrogens is 394 g/mol. The van der Waals surface area contributed by atoms with E-state index in [1.807, 2.05) is 68.3 Å². The van der Waals surface area contributed by atoms with E-state index in [0.29, 0.717) is 5.02 Å². The lowest BCUT2D eigenvalue weighted by Gasteiger charge is -2.36. The van der Waals surface area contributed by atoms with E-state index in [-0.39, 0.29) is 5.78 Å². The van der Waals surface area contributed by atoms with Gasteiger partial charge in [0.2, 0.25) is 0 Å². The van der Waals surface area contributed by atoms with Crippen LogP contribution in [0.1, 0.15) is 49.4 Å². The first-order valence-electron chi connectivity index (χ1n) is 9.91. The highest BCUT2D eigenvalue weighted by atomic mass is 35.5. The molecular formula is C25H22ClN3O. The fraction of sp³-hybridized carbons (Fsp3) is 0.320. The number of carbonyl (C=O) groups is 1. The molecule has 150 valence electrons. The van der Waals surface area contributed by atoms with Crippen LogP contribution in [0.3, 0.4) is 0 Å². The molecule has 0 saturated carbocycles. The maximum Gasteiger partial charge on any atom is 0.177 e. The average molecular weight is 416 g/mol. The lowest BCUT2D eigenvalue weighted by atomic mass is 9.66. The molecule has 2 aliphatic heterocycles. The highest BCUT2D eigenvalue weighted by Gasteiger charge is 2.64. The van der Waals surface area contributed by atoms with Gasteiger partial charge in [-0.3, -0.25) is 4.79 Å². The Hall–Kier alpha value is -3.08. The number of fused-ring (bicyclic) bond motifs is 3. The summed E-state index contributed by atoms with van der Waals surface area (Å²) in [5.41, 5.74) is 0.491. The Balaban J connectivity index is 2.03. The van der Waals surface area contributed by atoms with Gasteiger partial charge in [0.05, 0.1) is 24.2 Å². The van der Waals surface area contributed by atoms with Gasteiger partial charge in [0.15, 0.2) is 11.2 Å². The van der Waals surface area contributed by atoms with Gasteiger partial charge >= 0.3 is 0 Å². The van der Waals surface area contributed by atoms with Gasteiger partial charge in [-0.05, 0) is 34.9 Å². The minimum atomic E-state index is -1.45. The van der Waals surface area contributed by atoms with Crippen LogP contribution in [0, 0.1) is 33.5 Å². The predicted molar refractivity (Wildman–Crippen MR) is 116 cm³/mol. The number of carbonyl (C=O) groups excluding carboxylic acids is 1. The Morgan fingerprint density at radius 3 is 2.43 bits per heavy atom. The fourth-order valence-corrected chi connectivity index (χ4v) is 5.01. The van der Waals surface area contributed by atoms with Crippen LogP contribution in [0.4, 0.5) is 0 Å². The molecule has 0 unspecified atom stereocenters. The zero-order chi connectivity index (χ0) is 21.7. The largest absolute Gasteiger partial charge is 0.357 e. The van der Waals surface area contributed by atoms with Crippen molar-refractivity contribution >= 4 is 23.5 Å². The van der Waals surface area contributed by atoms with Crippen molar-refractivity contribution in [3.8, 4) is 12.1 Å². The molecule has 5 heteroatoms. The third kappa shape index (κ3) is 2.83. The standard InChI is InChI=1S/C25H22ClN3O/c1-24(2,3)23(30)21-20(17-8-6-9-18(26)13-17)25(14-27,15-28)22-19-10-5-4-7-16(19)11-12-29(21)22/h4-13,20-22H,1-3H3/t20-,21+,22-/m0/s1. The second-order valence-corrected chi connectivity index (χ2v) is 9.42. The number of nitrogens with zero attached hydrogens (tertiary/aromatic N) is 3. The van der Waals surface area contributed by atoms with E-state index in [4.69, 9.17) is 11.6 Å². The van der Waals surface area contributed by atoms with Crippen LogP contribution in [0.15, 0.2) is 54.7 Å². The van der Waals surface area contributed by atoms with Crippen LogP contribution in [0.2, 0.25) is 5.02 Å². The van der Waals surface area contributed by atoms with Gasteiger partial charge in [0.1, 0.15) is 0 Å². The Labute approximate surface area is 182 Å². The van der Waals surface area contributed by atoms with Crippen molar-refractivity contribution in [1.29, 1.82) is 10.5 Å². The van der Waals surface area contributed by atoms with Gasteiger partial charge in [-0.1, -0.05) is 68.8 Å². The van der Waals surface area contributed by atoms with Crippen LogP contribution < -0.4 is 0 Å². The molecule has 4 nitrogen and oxygen atoms in total. The normalized spacial score (nSPS) is 23.8. The molecule has 0 aliphatic carbocycles. The number of Topliss-reactive ketones (excluding diaryl/α,β-unsaturated/α-hetero) is 1. The summed E-state index contributed by atoms with van der Waals surface area (Å²) in [6, 6.07) is 18.4. The van der Waals surface area contributed by atoms with Crippen LogP contribution in [-0.4, -0.2) is 16.7 Å². The van der Waals surface area contributed by atoms with Gasteiger partial charge in [-0.25, -0.2) is 0 Å². The van der Waals surface area contributed by atoms with Gasteiger partial charge in [-0.2, -0.15) is 10.5 Å². The van der Waals surface area contributed by atoms with E-state index in [1.54, 1.807) is 18.2 Å². The number of halogens is 1. The monoisotopic (exact) mass is 415 g/mol. The molecule has 30 heavy (non-hydrogen) atoms. The number of hydrogen-bond acceptors (Lipinski definition) is 4. The second kappa shape index (κ2) is 7.01. The average Bonchev–Trinajstić information content (AvgIpc) is 3.03. The zero-order valence-corrected chi connectivity index (χ0v) is 17.9. The number of hydrogen-bond donors (Lipinski definition) is 0. The molecule has 0 spiro atoms. The van der Waals surface area contributed by atoms with E-state index >= 15 is 0 Å². The van der Waals surface area contributed by atoms with Crippen LogP contribution in [0.25, 0.3) is 6.08 Å². The SMILES string of the molecule is CC(C)(C)C(=O)[C@H]1[C@H](c2cccc(Cl)c2)C(C#N)(C#N)[C@@H]2c3ccccc3C=CN21. The molecule has 2 aromatic rings. The van der Waals surface area contributed by atoms with E-state index in [0.717, 1.165) is 16.7 Å². The molecule has 4 rings (SSSR count). The number of ketones is 1. The van der Waals surface area contributed by atoms with Gasteiger partial charge in [0.25, 0.3) is 0 Å². The lowest BCUT2D eigenvalue weighted by Crippen LogP contribution is -2.43. The van der Waals surface area contributed by atoms with Crippen molar-refractivity contribution in [1.82, 2.24) is 4.90 Å². The fourth-order valence-electron chi connectivity index (χ4n) is 4.81. The summed E-state index contributed by atoms with van der Waals surface area (Å²) in [6.07, 6.45) is 3.82. The second-order valence-electron chi connectivity index (χ2n) is 8.98. The van der Waals surface area contributed by atoms with Crippen molar-refractivity contribution in [2.24, 2.45) is 10.8 Å². The van der Waals surface area contributed by atoms with Crippen LogP contribution in [-0.2, 0) is 4.79 Å². The maximum absolute atomic E-state index is 13.7. The highest BCUT2D eigenvalue weighted by Crippen LogP contribution is 2.60. The van der Waals surface area contributed by atoms with Crippen LogP contribution >= 0.6 is 11.6 Å². The quantitative estimate of drug-likeness (QED) is 0.651. The van der Waals surface area contributed by atoms with Gasteiger partial charge in [-0.15, -0.1) is 0 Å². The molecule has 3 atom stereocenters.